The molecular formula is C16H13N3O2. The molecule has 0 bridgehead atoms. The minimum atomic E-state index is -0.377. The number of aromatic nitrogens is 2. The Morgan fingerprint density at radius 2 is 1.90 bits per heavy atom. The molecule has 5 heteroatoms. The van der Waals surface area contributed by atoms with E-state index < -0.39 is 0 Å². The van der Waals surface area contributed by atoms with Gasteiger partial charge in [-0.1, -0.05) is 30.3 Å². The van der Waals surface area contributed by atoms with Crippen molar-refractivity contribution in [3.8, 4) is 11.4 Å². The Balaban J connectivity index is 1.97. The molecule has 0 N–H and O–H groups in total. The van der Waals surface area contributed by atoms with Crippen molar-refractivity contribution >= 4 is 16.7 Å². The second-order valence-electron chi connectivity index (χ2n) is 5.33. The predicted octanol–water partition coefficient (Wildman–Crippen LogP) is 3.95. The van der Waals surface area contributed by atoms with Gasteiger partial charge in [-0.25, -0.2) is 4.98 Å². The van der Waals surface area contributed by atoms with Gasteiger partial charge >= 0.3 is 0 Å². The summed E-state index contributed by atoms with van der Waals surface area (Å²) in [6.07, 6.45) is 2.28. The molecule has 1 heterocycles. The van der Waals surface area contributed by atoms with Gasteiger partial charge in [0.25, 0.3) is 5.69 Å². The average Bonchev–Trinajstić information content (AvgIpc) is 3.27. The molecule has 1 saturated carbocycles. The van der Waals surface area contributed by atoms with Gasteiger partial charge in [-0.05, 0) is 18.9 Å². The van der Waals surface area contributed by atoms with Crippen LogP contribution in [0.3, 0.4) is 0 Å². The Kier molecular flexibility index (Phi) is 2.54. The minimum absolute atomic E-state index is 0.0857. The van der Waals surface area contributed by atoms with E-state index in [1.54, 1.807) is 12.1 Å². The number of benzene rings is 2. The summed E-state index contributed by atoms with van der Waals surface area (Å²) in [5.41, 5.74) is 2.79. The van der Waals surface area contributed by atoms with Gasteiger partial charge < -0.3 is 4.57 Å². The van der Waals surface area contributed by atoms with Crippen LogP contribution >= 0.6 is 0 Å². The molecule has 0 spiro atoms. The largest absolute Gasteiger partial charge is 0.321 e. The van der Waals surface area contributed by atoms with Crippen LogP contribution < -0.4 is 0 Å². The molecule has 4 rings (SSSR count). The highest BCUT2D eigenvalue weighted by atomic mass is 16.6. The van der Waals surface area contributed by atoms with Crippen molar-refractivity contribution in [1.29, 1.82) is 0 Å². The molecule has 21 heavy (non-hydrogen) atoms. The number of non-ortho nitro benzene ring substituents is 1. The van der Waals surface area contributed by atoms with Crippen LogP contribution in [0, 0.1) is 10.1 Å². The molecule has 1 aliphatic carbocycles. The van der Waals surface area contributed by atoms with E-state index in [4.69, 9.17) is 0 Å². The van der Waals surface area contributed by atoms with E-state index in [0.717, 1.165) is 29.7 Å². The van der Waals surface area contributed by atoms with Crippen molar-refractivity contribution in [2.75, 3.05) is 0 Å². The molecule has 5 nitrogen and oxygen atoms in total. The lowest BCUT2D eigenvalue weighted by molar-refractivity contribution is -0.384. The Morgan fingerprint density at radius 3 is 2.57 bits per heavy atom. The Bertz CT molecular complexity index is 835. The van der Waals surface area contributed by atoms with Crippen molar-refractivity contribution in [3.63, 3.8) is 0 Å². The van der Waals surface area contributed by atoms with Crippen LogP contribution in [0.5, 0.6) is 0 Å². The summed E-state index contributed by atoms with van der Waals surface area (Å²) in [5, 5.41) is 10.9. The fourth-order valence-corrected chi connectivity index (χ4v) is 2.69. The summed E-state index contributed by atoms with van der Waals surface area (Å²) < 4.78 is 2.22. The monoisotopic (exact) mass is 279 g/mol. The Morgan fingerprint density at radius 1 is 1.14 bits per heavy atom. The highest BCUT2D eigenvalue weighted by Crippen LogP contribution is 2.41. The van der Waals surface area contributed by atoms with Crippen molar-refractivity contribution in [2.24, 2.45) is 0 Å². The molecule has 1 fully saturated rings. The summed E-state index contributed by atoms with van der Waals surface area (Å²) in [6, 6.07) is 15.4. The van der Waals surface area contributed by atoms with Crippen LogP contribution in [-0.2, 0) is 0 Å². The van der Waals surface area contributed by atoms with E-state index in [9.17, 15) is 10.1 Å². The van der Waals surface area contributed by atoms with Gasteiger partial charge in [0.05, 0.1) is 16.0 Å². The molecular weight excluding hydrogens is 266 g/mol. The number of hydrogen-bond donors (Lipinski definition) is 0. The van der Waals surface area contributed by atoms with E-state index >= 15 is 0 Å². The third-order valence-electron chi connectivity index (χ3n) is 3.83. The fraction of sp³-hybridized carbons (Fsp3) is 0.188. The van der Waals surface area contributed by atoms with E-state index in [1.807, 2.05) is 36.4 Å². The molecule has 104 valence electrons. The van der Waals surface area contributed by atoms with E-state index in [-0.39, 0.29) is 10.6 Å². The summed E-state index contributed by atoms with van der Waals surface area (Å²) in [6.45, 7) is 0. The second-order valence-corrected chi connectivity index (χ2v) is 5.33. The minimum Gasteiger partial charge on any atom is -0.321 e. The van der Waals surface area contributed by atoms with Gasteiger partial charge in [-0.3, -0.25) is 10.1 Å². The number of nitro benzene ring substituents is 1. The highest BCUT2D eigenvalue weighted by molar-refractivity contribution is 5.83. The quantitative estimate of drug-likeness (QED) is 0.538. The molecule has 1 aliphatic rings. The predicted molar refractivity (Wildman–Crippen MR) is 80.1 cm³/mol. The summed E-state index contributed by atoms with van der Waals surface area (Å²) in [5.74, 6) is 0.897. The first kappa shape index (κ1) is 12.1. The molecule has 0 radical (unpaired) electrons. The third-order valence-corrected chi connectivity index (χ3v) is 3.83. The van der Waals surface area contributed by atoms with E-state index in [0.29, 0.717) is 11.6 Å². The SMILES string of the molecule is O=[N+]([O-])c1ccc2c(c1)nc(-c1ccccc1)n2C1CC1. The van der Waals surface area contributed by atoms with Gasteiger partial charge in [-0.2, -0.15) is 0 Å². The van der Waals surface area contributed by atoms with Crippen LogP contribution in [0.1, 0.15) is 18.9 Å². The number of fused-ring (bicyclic) bond motifs is 1. The Hall–Kier alpha value is -2.69. The number of nitrogens with zero attached hydrogens (tertiary/aromatic N) is 3. The Labute approximate surface area is 121 Å². The number of nitro groups is 1. The van der Waals surface area contributed by atoms with E-state index in [2.05, 4.69) is 9.55 Å². The molecule has 0 unspecified atom stereocenters. The van der Waals surface area contributed by atoms with E-state index in [1.165, 1.54) is 0 Å². The van der Waals surface area contributed by atoms with Crippen LogP contribution in [0.15, 0.2) is 48.5 Å². The smallest absolute Gasteiger partial charge is 0.271 e. The number of imidazole rings is 1. The molecule has 0 aliphatic heterocycles. The summed E-state index contributed by atoms with van der Waals surface area (Å²) in [4.78, 5) is 15.2. The standard InChI is InChI=1S/C16H13N3O2/c20-19(21)13-8-9-15-14(10-13)17-16(18(15)12-6-7-12)11-4-2-1-3-5-11/h1-5,8-10,12H,6-7H2. The van der Waals surface area contributed by atoms with Crippen molar-refractivity contribution < 1.29 is 4.92 Å². The zero-order valence-corrected chi connectivity index (χ0v) is 11.3. The van der Waals surface area contributed by atoms with Gasteiger partial charge in [0.2, 0.25) is 0 Å². The number of hydrogen-bond acceptors (Lipinski definition) is 3. The topological polar surface area (TPSA) is 61.0 Å². The maximum absolute atomic E-state index is 10.9. The van der Waals surface area contributed by atoms with Gasteiger partial charge in [0.1, 0.15) is 5.82 Å². The van der Waals surface area contributed by atoms with Gasteiger partial charge in [0, 0.05) is 23.7 Å². The third kappa shape index (κ3) is 1.98. The molecule has 0 amide bonds. The van der Waals surface area contributed by atoms with Crippen LogP contribution in [0.4, 0.5) is 5.69 Å². The molecule has 3 aromatic rings. The maximum Gasteiger partial charge on any atom is 0.271 e. The molecule has 2 aromatic carbocycles. The van der Waals surface area contributed by atoms with Gasteiger partial charge in [-0.15, -0.1) is 0 Å². The first-order chi connectivity index (χ1) is 10.2. The van der Waals surface area contributed by atoms with Crippen molar-refractivity contribution in [1.82, 2.24) is 9.55 Å². The zero-order valence-electron chi connectivity index (χ0n) is 11.3. The maximum atomic E-state index is 10.9. The summed E-state index contributed by atoms with van der Waals surface area (Å²) in [7, 11) is 0. The fourth-order valence-electron chi connectivity index (χ4n) is 2.69. The lowest BCUT2D eigenvalue weighted by atomic mass is 10.2. The lowest BCUT2D eigenvalue weighted by Gasteiger charge is -2.07. The highest BCUT2D eigenvalue weighted by Gasteiger charge is 2.29. The molecule has 0 atom stereocenters. The second kappa shape index (κ2) is 4.41. The zero-order chi connectivity index (χ0) is 14.4. The number of rotatable bonds is 3. The summed E-state index contributed by atoms with van der Waals surface area (Å²) >= 11 is 0. The first-order valence-electron chi connectivity index (χ1n) is 6.96. The molecule has 1 aromatic heterocycles. The first-order valence-corrected chi connectivity index (χ1v) is 6.96. The molecule has 0 saturated heterocycles. The van der Waals surface area contributed by atoms with Crippen molar-refractivity contribution in [2.45, 2.75) is 18.9 Å². The van der Waals surface area contributed by atoms with Crippen LogP contribution in [0.25, 0.3) is 22.4 Å². The normalized spacial score (nSPS) is 14.5. The van der Waals surface area contributed by atoms with Crippen LogP contribution in [0.2, 0.25) is 0 Å². The van der Waals surface area contributed by atoms with Crippen molar-refractivity contribution in [3.05, 3.63) is 58.6 Å². The lowest BCUT2D eigenvalue weighted by Crippen LogP contribution is -1.97. The van der Waals surface area contributed by atoms with Crippen LogP contribution in [-0.4, -0.2) is 14.5 Å². The van der Waals surface area contributed by atoms with Gasteiger partial charge in [0.15, 0.2) is 0 Å². The average molecular weight is 279 g/mol.